The molecular formula is C18H19NO4S. The van der Waals surface area contributed by atoms with E-state index in [2.05, 4.69) is 5.32 Å². The lowest BCUT2D eigenvalue weighted by Crippen LogP contribution is -2.19. The van der Waals surface area contributed by atoms with Crippen molar-refractivity contribution in [2.24, 2.45) is 0 Å². The van der Waals surface area contributed by atoms with Crippen molar-refractivity contribution in [1.29, 1.82) is 0 Å². The molecule has 1 heterocycles. The van der Waals surface area contributed by atoms with E-state index in [1.807, 2.05) is 19.9 Å². The lowest BCUT2D eigenvalue weighted by molar-refractivity contribution is -0.119. The Bertz CT molecular complexity index is 762. The maximum Gasteiger partial charge on any atom is 0.338 e. The van der Waals surface area contributed by atoms with Crippen LogP contribution in [0.3, 0.4) is 0 Å². The third kappa shape index (κ3) is 4.76. The van der Waals surface area contributed by atoms with Crippen molar-refractivity contribution in [3.05, 3.63) is 56.8 Å². The van der Waals surface area contributed by atoms with E-state index in [9.17, 15) is 14.4 Å². The fourth-order valence-electron chi connectivity index (χ4n) is 2.19. The minimum Gasteiger partial charge on any atom is -0.454 e. The number of aryl methyl sites for hydroxylation is 2. The summed E-state index contributed by atoms with van der Waals surface area (Å²) in [5.74, 6) is -0.859. The summed E-state index contributed by atoms with van der Waals surface area (Å²) in [5, 5.41) is 2.68. The summed E-state index contributed by atoms with van der Waals surface area (Å²) in [4.78, 5) is 37.0. The molecule has 0 radical (unpaired) electrons. The van der Waals surface area contributed by atoms with E-state index in [1.165, 1.54) is 6.92 Å². The molecule has 1 amide bonds. The van der Waals surface area contributed by atoms with Crippen molar-refractivity contribution in [3.8, 4) is 0 Å². The summed E-state index contributed by atoms with van der Waals surface area (Å²) in [7, 11) is 0. The molecule has 0 unspecified atom stereocenters. The first-order valence-corrected chi connectivity index (χ1v) is 8.29. The van der Waals surface area contributed by atoms with Crippen molar-refractivity contribution in [2.45, 2.75) is 27.3 Å². The van der Waals surface area contributed by atoms with Crippen molar-refractivity contribution in [1.82, 2.24) is 5.32 Å². The minimum absolute atomic E-state index is 0.115. The van der Waals surface area contributed by atoms with Gasteiger partial charge in [0.1, 0.15) is 0 Å². The number of esters is 1. The summed E-state index contributed by atoms with van der Waals surface area (Å²) >= 11 is 1.55. The Morgan fingerprint density at radius 3 is 2.33 bits per heavy atom. The molecule has 0 bridgehead atoms. The number of ketones is 1. The van der Waals surface area contributed by atoms with Crippen molar-refractivity contribution >= 4 is 29.0 Å². The number of thiophene rings is 1. The molecule has 2 aromatic rings. The van der Waals surface area contributed by atoms with Crippen molar-refractivity contribution in [2.75, 3.05) is 6.61 Å². The van der Waals surface area contributed by atoms with Crippen LogP contribution < -0.4 is 5.32 Å². The van der Waals surface area contributed by atoms with Gasteiger partial charge in [-0.15, -0.1) is 11.3 Å². The third-order valence-electron chi connectivity index (χ3n) is 3.41. The smallest absolute Gasteiger partial charge is 0.338 e. The highest BCUT2D eigenvalue weighted by atomic mass is 32.1. The van der Waals surface area contributed by atoms with E-state index in [4.69, 9.17) is 4.74 Å². The second-order valence-electron chi connectivity index (χ2n) is 5.43. The predicted molar refractivity (Wildman–Crippen MR) is 92.4 cm³/mol. The second kappa shape index (κ2) is 7.88. The molecule has 1 aromatic heterocycles. The number of benzene rings is 1. The summed E-state index contributed by atoms with van der Waals surface area (Å²) < 4.78 is 5.09. The monoisotopic (exact) mass is 345 g/mol. The number of hydrogen-bond acceptors (Lipinski definition) is 5. The molecule has 0 aliphatic rings. The number of rotatable bonds is 6. The molecule has 5 nitrogen and oxygen atoms in total. The highest BCUT2D eigenvalue weighted by Gasteiger charge is 2.15. The molecule has 2 rings (SSSR count). The third-order valence-corrected chi connectivity index (χ3v) is 4.37. The molecule has 0 fully saturated rings. The Hall–Kier alpha value is -2.47. The highest BCUT2D eigenvalue weighted by Crippen LogP contribution is 2.21. The van der Waals surface area contributed by atoms with Gasteiger partial charge in [0.25, 0.3) is 0 Å². The number of nitrogens with one attached hydrogen (secondary N) is 1. The van der Waals surface area contributed by atoms with Gasteiger partial charge in [-0.3, -0.25) is 9.59 Å². The summed E-state index contributed by atoms with van der Waals surface area (Å²) in [5.41, 5.74) is 1.85. The molecule has 1 aromatic carbocycles. The van der Waals surface area contributed by atoms with Gasteiger partial charge in [-0.2, -0.15) is 0 Å². The van der Waals surface area contributed by atoms with Gasteiger partial charge in [0.15, 0.2) is 6.61 Å². The molecule has 0 atom stereocenters. The van der Waals surface area contributed by atoms with Crippen molar-refractivity contribution in [3.63, 3.8) is 0 Å². The predicted octanol–water partition coefficient (Wildman–Crippen LogP) is 3.04. The van der Waals surface area contributed by atoms with E-state index in [0.29, 0.717) is 17.7 Å². The van der Waals surface area contributed by atoms with Crippen LogP contribution >= 0.6 is 11.3 Å². The standard InChI is InChI=1S/C18H19NO4S/c1-11-8-16(12(2)24-11)17(21)10-23-18(22)15-6-4-14(5-7-15)9-19-13(3)20/h4-8H,9-10H2,1-3H3,(H,19,20). The number of carbonyl (C=O) groups is 3. The number of ether oxygens (including phenoxy) is 1. The Morgan fingerprint density at radius 2 is 1.79 bits per heavy atom. The fraction of sp³-hybridized carbons (Fsp3) is 0.278. The Balaban J connectivity index is 1.91. The summed E-state index contributed by atoms with van der Waals surface area (Å²) in [6, 6.07) is 8.52. The van der Waals surface area contributed by atoms with Crippen LogP contribution in [0.15, 0.2) is 30.3 Å². The average Bonchev–Trinajstić information content (AvgIpc) is 2.89. The number of Topliss-reactive ketones (excluding diaryl/α,β-unsaturated/α-hetero) is 1. The zero-order chi connectivity index (χ0) is 17.7. The first-order chi connectivity index (χ1) is 11.4. The van der Waals surface area contributed by atoms with Gasteiger partial charge in [-0.25, -0.2) is 4.79 Å². The van der Waals surface area contributed by atoms with Crippen LogP contribution in [0.4, 0.5) is 0 Å². The number of carbonyl (C=O) groups excluding carboxylic acids is 3. The van der Waals surface area contributed by atoms with Gasteiger partial charge in [0.2, 0.25) is 11.7 Å². The van der Waals surface area contributed by atoms with Crippen LogP contribution in [0.1, 0.15) is 43.0 Å². The normalized spacial score (nSPS) is 10.3. The van der Waals surface area contributed by atoms with Crippen LogP contribution in [0.2, 0.25) is 0 Å². The molecule has 24 heavy (non-hydrogen) atoms. The van der Waals surface area contributed by atoms with E-state index in [0.717, 1.165) is 15.3 Å². The summed E-state index contributed by atoms with van der Waals surface area (Å²) in [6.45, 7) is 5.38. The molecule has 1 N–H and O–H groups in total. The molecule has 6 heteroatoms. The Kier molecular flexibility index (Phi) is 5.87. The molecule has 0 aliphatic carbocycles. The molecule has 0 aliphatic heterocycles. The minimum atomic E-state index is -0.543. The summed E-state index contributed by atoms with van der Waals surface area (Å²) in [6.07, 6.45) is 0. The van der Waals surface area contributed by atoms with Gasteiger partial charge < -0.3 is 10.1 Å². The number of hydrogen-bond donors (Lipinski definition) is 1. The van der Waals surface area contributed by atoms with Gasteiger partial charge in [0.05, 0.1) is 5.56 Å². The topological polar surface area (TPSA) is 72.5 Å². The van der Waals surface area contributed by atoms with E-state index < -0.39 is 5.97 Å². The maximum atomic E-state index is 12.1. The number of amides is 1. The molecule has 0 spiro atoms. The van der Waals surface area contributed by atoms with Crippen LogP contribution in [-0.2, 0) is 16.1 Å². The van der Waals surface area contributed by atoms with Crippen LogP contribution in [0.5, 0.6) is 0 Å². The lowest BCUT2D eigenvalue weighted by atomic mass is 10.1. The Labute approximate surface area is 144 Å². The average molecular weight is 345 g/mol. The largest absolute Gasteiger partial charge is 0.454 e. The first kappa shape index (κ1) is 17.9. The SMILES string of the molecule is CC(=O)NCc1ccc(C(=O)OCC(=O)c2cc(C)sc2C)cc1. The van der Waals surface area contributed by atoms with Gasteiger partial charge >= 0.3 is 5.97 Å². The van der Waals surface area contributed by atoms with E-state index >= 15 is 0 Å². The molecular weight excluding hydrogens is 326 g/mol. The highest BCUT2D eigenvalue weighted by molar-refractivity contribution is 7.12. The second-order valence-corrected chi connectivity index (χ2v) is 6.89. The molecule has 0 saturated carbocycles. The zero-order valence-corrected chi connectivity index (χ0v) is 14.7. The maximum absolute atomic E-state index is 12.1. The quantitative estimate of drug-likeness (QED) is 0.645. The molecule has 126 valence electrons. The van der Waals surface area contributed by atoms with Crippen molar-refractivity contribution < 1.29 is 19.1 Å². The van der Waals surface area contributed by atoms with E-state index in [1.54, 1.807) is 35.6 Å². The zero-order valence-electron chi connectivity index (χ0n) is 13.8. The first-order valence-electron chi connectivity index (χ1n) is 7.47. The van der Waals surface area contributed by atoms with Crippen LogP contribution in [-0.4, -0.2) is 24.3 Å². The molecule has 0 saturated heterocycles. The lowest BCUT2D eigenvalue weighted by Gasteiger charge is -2.06. The van der Waals surface area contributed by atoms with Gasteiger partial charge in [0, 0.05) is 28.8 Å². The van der Waals surface area contributed by atoms with Gasteiger partial charge in [-0.1, -0.05) is 12.1 Å². The van der Waals surface area contributed by atoms with Crippen LogP contribution in [0, 0.1) is 13.8 Å². The Morgan fingerprint density at radius 1 is 1.12 bits per heavy atom. The van der Waals surface area contributed by atoms with E-state index in [-0.39, 0.29) is 18.3 Å². The van der Waals surface area contributed by atoms with Gasteiger partial charge in [-0.05, 0) is 37.6 Å². The fourth-order valence-corrected chi connectivity index (χ4v) is 3.13. The van der Waals surface area contributed by atoms with Crippen LogP contribution in [0.25, 0.3) is 0 Å².